The molecule has 24 heavy (non-hydrogen) atoms. The first-order valence-corrected chi connectivity index (χ1v) is 7.28. The van der Waals surface area contributed by atoms with E-state index >= 15 is 0 Å². The molecule has 1 aliphatic rings. The van der Waals surface area contributed by atoms with Gasteiger partial charge in [0.2, 0.25) is 12.7 Å². The molecule has 1 amide bonds. The third kappa shape index (κ3) is 4.45. The Morgan fingerprint density at radius 1 is 1.38 bits per heavy atom. The van der Waals surface area contributed by atoms with Crippen LogP contribution in [-0.4, -0.2) is 51.0 Å². The van der Waals surface area contributed by atoms with Gasteiger partial charge in [-0.15, -0.1) is 0 Å². The number of benzene rings is 1. The Kier molecular flexibility index (Phi) is 6.16. The number of rotatable bonds is 8. The SMILES string of the molecule is COC(CN)CC(=O)N(C)Cc1cc2c(cc1OC(F)F)OCO2. The minimum Gasteiger partial charge on any atom is -0.454 e. The van der Waals surface area contributed by atoms with Crippen molar-refractivity contribution in [1.82, 2.24) is 4.90 Å². The maximum absolute atomic E-state index is 12.6. The summed E-state index contributed by atoms with van der Waals surface area (Å²) in [7, 11) is 3.03. The van der Waals surface area contributed by atoms with Crippen molar-refractivity contribution >= 4 is 5.91 Å². The number of carbonyl (C=O) groups is 1. The van der Waals surface area contributed by atoms with Crippen LogP contribution in [0.3, 0.4) is 0 Å². The molecule has 0 fully saturated rings. The Morgan fingerprint density at radius 2 is 2.04 bits per heavy atom. The molecule has 7 nitrogen and oxygen atoms in total. The smallest absolute Gasteiger partial charge is 0.387 e. The van der Waals surface area contributed by atoms with Crippen molar-refractivity contribution in [3.05, 3.63) is 17.7 Å². The zero-order valence-corrected chi connectivity index (χ0v) is 13.5. The Hall–Kier alpha value is -2.13. The van der Waals surface area contributed by atoms with Gasteiger partial charge in [-0.2, -0.15) is 8.78 Å². The van der Waals surface area contributed by atoms with Crippen LogP contribution in [0.1, 0.15) is 12.0 Å². The highest BCUT2D eigenvalue weighted by atomic mass is 19.3. The number of amides is 1. The van der Waals surface area contributed by atoms with Crippen LogP contribution in [0.15, 0.2) is 12.1 Å². The highest BCUT2D eigenvalue weighted by Crippen LogP contribution is 2.39. The van der Waals surface area contributed by atoms with Crippen LogP contribution in [-0.2, 0) is 16.1 Å². The molecule has 1 aromatic carbocycles. The summed E-state index contributed by atoms with van der Waals surface area (Å²) in [4.78, 5) is 13.6. The summed E-state index contributed by atoms with van der Waals surface area (Å²) in [6.07, 6.45) is -0.299. The predicted molar refractivity (Wildman–Crippen MR) is 80.1 cm³/mol. The quantitative estimate of drug-likeness (QED) is 0.765. The van der Waals surface area contributed by atoms with Gasteiger partial charge in [0, 0.05) is 38.9 Å². The summed E-state index contributed by atoms with van der Waals surface area (Å²) in [5, 5.41) is 0. The lowest BCUT2D eigenvalue weighted by Gasteiger charge is -2.21. The van der Waals surface area contributed by atoms with E-state index in [1.807, 2.05) is 0 Å². The minimum absolute atomic E-state index is 0.00763. The van der Waals surface area contributed by atoms with E-state index in [0.29, 0.717) is 17.1 Å². The number of nitrogens with zero attached hydrogens (tertiary/aromatic N) is 1. The van der Waals surface area contributed by atoms with Crippen LogP contribution in [0.5, 0.6) is 17.2 Å². The van der Waals surface area contributed by atoms with Crippen LogP contribution in [0.4, 0.5) is 8.78 Å². The molecular formula is C15H20F2N2O5. The Morgan fingerprint density at radius 3 is 2.62 bits per heavy atom. The van der Waals surface area contributed by atoms with Crippen LogP contribution in [0.2, 0.25) is 0 Å². The van der Waals surface area contributed by atoms with E-state index in [-0.39, 0.29) is 38.0 Å². The molecule has 2 N–H and O–H groups in total. The van der Waals surface area contributed by atoms with Crippen LogP contribution < -0.4 is 19.9 Å². The molecule has 1 atom stereocenters. The molecule has 0 bridgehead atoms. The lowest BCUT2D eigenvalue weighted by Crippen LogP contribution is -2.33. The summed E-state index contributed by atoms with van der Waals surface area (Å²) in [5.41, 5.74) is 5.88. The maximum Gasteiger partial charge on any atom is 0.387 e. The summed E-state index contributed by atoms with van der Waals surface area (Å²) in [6.45, 7) is -2.70. The fraction of sp³-hybridized carbons (Fsp3) is 0.533. The second-order valence-electron chi connectivity index (χ2n) is 5.24. The molecule has 1 heterocycles. The third-order valence-corrected chi connectivity index (χ3v) is 3.60. The van der Waals surface area contributed by atoms with E-state index in [2.05, 4.69) is 4.74 Å². The minimum atomic E-state index is -2.99. The number of hydrogen-bond acceptors (Lipinski definition) is 6. The van der Waals surface area contributed by atoms with Crippen molar-refractivity contribution in [2.75, 3.05) is 27.5 Å². The summed E-state index contributed by atoms with van der Waals surface area (Å²) >= 11 is 0. The van der Waals surface area contributed by atoms with Crippen LogP contribution in [0.25, 0.3) is 0 Å². The van der Waals surface area contributed by atoms with E-state index < -0.39 is 12.7 Å². The molecule has 0 spiro atoms. The predicted octanol–water partition coefficient (Wildman–Crippen LogP) is 1.34. The molecule has 0 radical (unpaired) electrons. The van der Waals surface area contributed by atoms with E-state index in [1.54, 1.807) is 7.05 Å². The maximum atomic E-state index is 12.6. The Balaban J connectivity index is 2.13. The molecule has 0 saturated carbocycles. The van der Waals surface area contributed by atoms with Gasteiger partial charge in [-0.3, -0.25) is 4.79 Å². The van der Waals surface area contributed by atoms with Gasteiger partial charge in [-0.25, -0.2) is 0 Å². The topological polar surface area (TPSA) is 83.3 Å². The summed E-state index contributed by atoms with van der Waals surface area (Å²) in [5.74, 6) is 0.458. The number of nitrogens with two attached hydrogens (primary N) is 1. The van der Waals surface area contributed by atoms with E-state index in [1.165, 1.54) is 24.1 Å². The van der Waals surface area contributed by atoms with Gasteiger partial charge in [0.25, 0.3) is 0 Å². The van der Waals surface area contributed by atoms with Crippen molar-refractivity contribution in [1.29, 1.82) is 0 Å². The van der Waals surface area contributed by atoms with Crippen molar-refractivity contribution in [2.24, 2.45) is 5.73 Å². The average molecular weight is 346 g/mol. The number of ether oxygens (including phenoxy) is 4. The van der Waals surface area contributed by atoms with Crippen LogP contribution in [0, 0.1) is 0 Å². The number of hydrogen-bond donors (Lipinski definition) is 1. The third-order valence-electron chi connectivity index (χ3n) is 3.60. The fourth-order valence-corrected chi connectivity index (χ4v) is 2.25. The molecule has 9 heteroatoms. The van der Waals surface area contributed by atoms with Gasteiger partial charge < -0.3 is 29.6 Å². The first kappa shape index (κ1) is 18.2. The standard InChI is InChI=1S/C15H20F2N2O5/c1-19(14(20)4-10(6-18)21-2)7-9-3-12-13(23-8-22-12)5-11(9)24-15(16)17/h3,5,10,15H,4,6-8,18H2,1-2H3. The molecule has 2 rings (SSSR count). The average Bonchev–Trinajstić information content (AvgIpc) is 2.99. The lowest BCUT2D eigenvalue weighted by molar-refractivity contribution is -0.132. The molecular weight excluding hydrogens is 326 g/mol. The van der Waals surface area contributed by atoms with Gasteiger partial charge in [-0.1, -0.05) is 0 Å². The fourth-order valence-electron chi connectivity index (χ4n) is 2.25. The summed E-state index contributed by atoms with van der Waals surface area (Å²) in [6, 6.07) is 2.86. The normalized spacial score (nSPS) is 13.9. The molecule has 134 valence electrons. The van der Waals surface area contributed by atoms with Crippen molar-refractivity contribution in [3.8, 4) is 17.2 Å². The zero-order valence-electron chi connectivity index (χ0n) is 13.5. The van der Waals surface area contributed by atoms with Gasteiger partial charge in [-0.05, 0) is 6.07 Å². The number of halogens is 2. The Labute approximate surface area is 138 Å². The molecule has 0 saturated heterocycles. The van der Waals surface area contributed by atoms with E-state index in [9.17, 15) is 13.6 Å². The monoisotopic (exact) mass is 346 g/mol. The molecule has 1 aliphatic heterocycles. The summed E-state index contributed by atoms with van der Waals surface area (Å²) < 4.78 is 45.2. The number of carbonyl (C=O) groups excluding carboxylic acids is 1. The first-order valence-electron chi connectivity index (χ1n) is 7.28. The van der Waals surface area contributed by atoms with E-state index in [4.69, 9.17) is 19.9 Å². The number of alkyl halides is 2. The largest absolute Gasteiger partial charge is 0.454 e. The lowest BCUT2D eigenvalue weighted by atomic mass is 10.1. The second kappa shape index (κ2) is 8.11. The molecule has 0 aromatic heterocycles. The van der Waals surface area contributed by atoms with Crippen molar-refractivity contribution in [3.63, 3.8) is 0 Å². The zero-order chi connectivity index (χ0) is 17.7. The first-order chi connectivity index (χ1) is 11.4. The van der Waals surface area contributed by atoms with Gasteiger partial charge in [0.1, 0.15) is 5.75 Å². The van der Waals surface area contributed by atoms with E-state index in [0.717, 1.165) is 0 Å². The van der Waals surface area contributed by atoms with Crippen molar-refractivity contribution < 1.29 is 32.5 Å². The van der Waals surface area contributed by atoms with Crippen molar-refractivity contribution in [2.45, 2.75) is 25.7 Å². The van der Waals surface area contributed by atoms with Gasteiger partial charge in [0.05, 0.1) is 12.5 Å². The molecule has 1 aromatic rings. The van der Waals surface area contributed by atoms with Crippen LogP contribution >= 0.6 is 0 Å². The number of methoxy groups -OCH3 is 1. The Bertz CT molecular complexity index is 581. The highest BCUT2D eigenvalue weighted by Gasteiger charge is 2.22. The van der Waals surface area contributed by atoms with Gasteiger partial charge >= 0.3 is 6.61 Å². The highest BCUT2D eigenvalue weighted by molar-refractivity contribution is 5.76. The van der Waals surface area contributed by atoms with Gasteiger partial charge in [0.15, 0.2) is 11.5 Å². The molecule has 0 aliphatic carbocycles. The number of fused-ring (bicyclic) bond motifs is 1. The second-order valence-corrected chi connectivity index (χ2v) is 5.24. The molecule has 1 unspecified atom stereocenters.